The quantitative estimate of drug-likeness (QED) is 0.0959. The second-order valence-corrected chi connectivity index (χ2v) is 37.9. The fraction of sp³-hybridized carbons (Fsp3) is 0.0448. The molecule has 4 heteroatoms. The van der Waals surface area contributed by atoms with E-state index in [9.17, 15) is 0 Å². The Morgan fingerprint density at radius 3 is 0.855 bits per heavy atom. The molecule has 2 aliphatic rings. The molecule has 0 bridgehead atoms. The molecule has 26 rings (SSSR count). The summed E-state index contributed by atoms with van der Waals surface area (Å²) in [6.45, 7) is 9.42. The molecular weight excluding hydrogens is 1670 g/mol. The lowest BCUT2D eigenvalue weighted by atomic mass is 9.82. The number of benzene rings is 22. The van der Waals surface area contributed by atoms with Crippen molar-refractivity contribution in [2.24, 2.45) is 0 Å². The molecular formula is C134H96N4. The number of para-hydroxylation sites is 2. The number of aromatic nitrogens is 2. The third kappa shape index (κ3) is 14.6. The molecule has 0 atom stereocenters. The van der Waals surface area contributed by atoms with E-state index in [2.05, 4.69) is 556 Å². The summed E-state index contributed by atoms with van der Waals surface area (Å²) in [6.07, 6.45) is 0. The highest BCUT2D eigenvalue weighted by atomic mass is 15.1. The van der Waals surface area contributed by atoms with Gasteiger partial charge in [-0.2, -0.15) is 0 Å². The van der Waals surface area contributed by atoms with E-state index in [4.69, 9.17) is 0 Å². The molecule has 0 saturated carbocycles. The van der Waals surface area contributed by atoms with Crippen LogP contribution in [0.2, 0.25) is 0 Å². The van der Waals surface area contributed by atoms with Crippen LogP contribution in [0.15, 0.2) is 510 Å². The van der Waals surface area contributed by atoms with E-state index in [1.54, 1.807) is 0 Å². The standard InChI is InChI=1S/2C67H48N2/c1-67(2)63-21-10-8-18-59(63)60-41-40-56(44-64(60)67)68(54-38-31-51(32-39-54)58-20-12-16-50-15-6-7-17-57(50)58)53-34-27-48(28-35-53)46-23-25-49(26-24-46)52-33-42-66-62(43-52)61-19-9-11-22-65(61)69(66)55-36-29-47(30-37-55)45-13-4-3-5-14-45;1-67(2)63-18-10-8-16-59(63)60-40-39-58(44-64(60)67)68(56-35-30-51(31-36-56)53-25-24-46-14-6-7-15-52(46)42-53)55-33-26-49(27-34-55)47-20-22-50(23-21-47)54-32-41-66-62(43-54)61-17-9-11-19-65(61)69(66)57-37-28-48(29-38-57)45-12-4-3-5-13-45/h2*3-44H,1-2H3. The minimum atomic E-state index is -0.109. The number of anilines is 6. The molecule has 0 aliphatic heterocycles. The van der Waals surface area contributed by atoms with Crippen LogP contribution < -0.4 is 9.80 Å². The van der Waals surface area contributed by atoms with Crippen LogP contribution in [-0.4, -0.2) is 9.13 Å². The number of fused-ring (bicyclic) bond motifs is 14. The molecule has 4 nitrogen and oxygen atoms in total. The topological polar surface area (TPSA) is 16.3 Å². The normalized spacial score (nSPS) is 12.6. The second-order valence-electron chi connectivity index (χ2n) is 37.9. The first-order chi connectivity index (χ1) is 67.9. The van der Waals surface area contributed by atoms with E-state index in [1.165, 1.54) is 199 Å². The lowest BCUT2D eigenvalue weighted by Crippen LogP contribution is -2.16. The van der Waals surface area contributed by atoms with Crippen LogP contribution >= 0.6 is 0 Å². The van der Waals surface area contributed by atoms with Gasteiger partial charge in [-0.3, -0.25) is 0 Å². The third-order valence-electron chi connectivity index (χ3n) is 29.2. The second kappa shape index (κ2) is 33.9. The lowest BCUT2D eigenvalue weighted by Gasteiger charge is -2.28. The molecule has 2 aliphatic carbocycles. The first-order valence-corrected chi connectivity index (χ1v) is 48.0. The van der Waals surface area contributed by atoms with Crippen LogP contribution in [-0.2, 0) is 10.8 Å². The van der Waals surface area contributed by atoms with Crippen molar-refractivity contribution in [3.05, 3.63) is 532 Å². The van der Waals surface area contributed by atoms with E-state index in [1.807, 2.05) is 0 Å². The summed E-state index contributed by atoms with van der Waals surface area (Å²) in [5.74, 6) is 0. The zero-order valence-electron chi connectivity index (χ0n) is 77.3. The van der Waals surface area contributed by atoms with Gasteiger partial charge in [0.1, 0.15) is 0 Å². The van der Waals surface area contributed by atoms with Crippen molar-refractivity contribution in [3.63, 3.8) is 0 Å². The molecule has 24 aromatic rings. The summed E-state index contributed by atoms with van der Waals surface area (Å²) in [5.41, 5.74) is 43.7. The SMILES string of the molecule is CC1(C)c2ccccc2-c2ccc(N(c3ccc(-c4ccc(-c5ccc6c(c5)c5ccccc5n6-c5ccc(-c6ccccc6)cc5)cc4)cc3)c3ccc(-c4ccc5ccccc5c4)cc3)cc21.CC1(C)c2ccccc2-c2ccc(N(c3ccc(-c4ccc(-c5ccc6c(c5)c5ccccc5n6-c5ccc(-c6ccccc6)cc5)cc4)cc3)c3ccc(-c4cccc5ccccc45)cc3)cc21. The number of nitrogens with zero attached hydrogens (tertiary/aromatic N) is 4. The van der Waals surface area contributed by atoms with Crippen LogP contribution in [0.3, 0.4) is 0 Å². The molecule has 652 valence electrons. The van der Waals surface area contributed by atoms with Gasteiger partial charge < -0.3 is 18.9 Å². The van der Waals surface area contributed by atoms with Crippen LogP contribution in [0.5, 0.6) is 0 Å². The average molecular weight is 1760 g/mol. The maximum absolute atomic E-state index is 2.42. The van der Waals surface area contributed by atoms with Crippen molar-refractivity contribution in [1.29, 1.82) is 0 Å². The van der Waals surface area contributed by atoms with Crippen LogP contribution in [0, 0.1) is 0 Å². The van der Waals surface area contributed by atoms with Gasteiger partial charge in [0.15, 0.2) is 0 Å². The van der Waals surface area contributed by atoms with Gasteiger partial charge in [0, 0.05) is 77.9 Å². The van der Waals surface area contributed by atoms with E-state index in [0.717, 1.165) is 45.5 Å². The van der Waals surface area contributed by atoms with Crippen molar-refractivity contribution in [2.45, 2.75) is 38.5 Å². The Bertz CT molecular complexity index is 8780. The van der Waals surface area contributed by atoms with Crippen LogP contribution in [0.4, 0.5) is 34.1 Å². The summed E-state index contributed by atoms with van der Waals surface area (Å²) >= 11 is 0. The number of hydrogen-bond acceptors (Lipinski definition) is 2. The average Bonchev–Trinajstić information content (AvgIpc) is 1.62. The predicted molar refractivity (Wildman–Crippen MR) is 585 cm³/mol. The van der Waals surface area contributed by atoms with Crippen LogP contribution in [0.1, 0.15) is 49.9 Å². The Morgan fingerprint density at radius 2 is 0.428 bits per heavy atom. The minimum Gasteiger partial charge on any atom is -0.310 e. The molecule has 0 N–H and O–H groups in total. The molecule has 2 heterocycles. The molecule has 2 aromatic heterocycles. The molecule has 22 aromatic carbocycles. The Labute approximate surface area is 805 Å². The molecule has 138 heavy (non-hydrogen) atoms. The van der Waals surface area contributed by atoms with Crippen molar-refractivity contribution < 1.29 is 0 Å². The molecule has 0 spiro atoms. The zero-order chi connectivity index (χ0) is 92.1. The Kier molecular flexibility index (Phi) is 20.3. The zero-order valence-corrected chi connectivity index (χ0v) is 77.3. The van der Waals surface area contributed by atoms with Crippen molar-refractivity contribution in [3.8, 4) is 123 Å². The molecule has 0 fully saturated rings. The summed E-state index contributed by atoms with van der Waals surface area (Å²) in [6, 6.07) is 187. The first-order valence-electron chi connectivity index (χ1n) is 48.0. The van der Waals surface area contributed by atoms with E-state index < -0.39 is 0 Å². The van der Waals surface area contributed by atoms with E-state index in [-0.39, 0.29) is 10.8 Å². The van der Waals surface area contributed by atoms with Gasteiger partial charge in [-0.05, 0) is 295 Å². The Hall–Kier alpha value is -17.4. The largest absolute Gasteiger partial charge is 0.310 e. The summed E-state index contributed by atoms with van der Waals surface area (Å²) in [4.78, 5) is 4.81. The highest BCUT2D eigenvalue weighted by Gasteiger charge is 2.38. The van der Waals surface area contributed by atoms with Gasteiger partial charge in [-0.15, -0.1) is 0 Å². The minimum absolute atomic E-state index is 0.107. The van der Waals surface area contributed by atoms with Gasteiger partial charge in [-0.25, -0.2) is 0 Å². The highest BCUT2D eigenvalue weighted by Crippen LogP contribution is 2.54. The van der Waals surface area contributed by atoms with Crippen LogP contribution in [0.25, 0.3) is 188 Å². The molecule has 0 saturated heterocycles. The number of hydrogen-bond donors (Lipinski definition) is 0. The van der Waals surface area contributed by atoms with E-state index in [0.29, 0.717) is 0 Å². The summed E-state index contributed by atoms with van der Waals surface area (Å²) in [7, 11) is 0. The number of rotatable bonds is 16. The van der Waals surface area contributed by atoms with Gasteiger partial charge in [-0.1, -0.05) is 398 Å². The fourth-order valence-electron chi connectivity index (χ4n) is 22.0. The highest BCUT2D eigenvalue weighted by molar-refractivity contribution is 6.12. The molecule has 0 unspecified atom stereocenters. The maximum Gasteiger partial charge on any atom is 0.0541 e. The van der Waals surface area contributed by atoms with Gasteiger partial charge in [0.25, 0.3) is 0 Å². The molecule has 0 radical (unpaired) electrons. The van der Waals surface area contributed by atoms with Gasteiger partial charge in [0.2, 0.25) is 0 Å². The van der Waals surface area contributed by atoms with Crippen molar-refractivity contribution in [1.82, 2.24) is 9.13 Å². The fourth-order valence-corrected chi connectivity index (χ4v) is 22.0. The smallest absolute Gasteiger partial charge is 0.0541 e. The monoisotopic (exact) mass is 1760 g/mol. The lowest BCUT2D eigenvalue weighted by molar-refractivity contribution is 0.660. The molecule has 0 amide bonds. The van der Waals surface area contributed by atoms with Crippen molar-refractivity contribution in [2.75, 3.05) is 9.80 Å². The van der Waals surface area contributed by atoms with Crippen molar-refractivity contribution >= 4 is 99.3 Å². The Morgan fingerprint density at radius 1 is 0.152 bits per heavy atom. The maximum atomic E-state index is 2.42. The third-order valence-corrected chi connectivity index (χ3v) is 29.2. The summed E-state index contributed by atoms with van der Waals surface area (Å²) in [5, 5.41) is 10.0. The predicted octanol–water partition coefficient (Wildman–Crippen LogP) is 36.8. The van der Waals surface area contributed by atoms with Gasteiger partial charge in [0.05, 0.1) is 22.1 Å². The van der Waals surface area contributed by atoms with E-state index >= 15 is 0 Å². The first kappa shape index (κ1) is 82.5. The summed E-state index contributed by atoms with van der Waals surface area (Å²) < 4.78 is 4.78. The Balaban J connectivity index is 0.000000146. The van der Waals surface area contributed by atoms with Gasteiger partial charge >= 0.3 is 0 Å².